The number of halogens is 2. The van der Waals surface area contributed by atoms with E-state index in [0.717, 1.165) is 31.2 Å². The lowest BCUT2D eigenvalue weighted by Crippen LogP contribution is -2.56. The van der Waals surface area contributed by atoms with Gasteiger partial charge in [-0.1, -0.05) is 38.8 Å². The summed E-state index contributed by atoms with van der Waals surface area (Å²) < 4.78 is 28.7. The summed E-state index contributed by atoms with van der Waals surface area (Å²) in [5, 5.41) is 0. The fourth-order valence-electron chi connectivity index (χ4n) is 8.42. The van der Waals surface area contributed by atoms with E-state index in [1.807, 2.05) is 0 Å². The molecule has 0 saturated heterocycles. The third-order valence-corrected chi connectivity index (χ3v) is 13.0. The van der Waals surface area contributed by atoms with E-state index in [1.165, 1.54) is 38.5 Å². The van der Waals surface area contributed by atoms with Crippen LogP contribution in [0.3, 0.4) is 0 Å². The van der Waals surface area contributed by atoms with Crippen molar-refractivity contribution in [1.29, 1.82) is 0 Å². The second kappa shape index (κ2) is 8.04. The summed E-state index contributed by atoms with van der Waals surface area (Å²) in [7, 11) is -1.57. The van der Waals surface area contributed by atoms with Gasteiger partial charge in [-0.15, -0.1) is 0 Å². The van der Waals surface area contributed by atoms with Gasteiger partial charge < -0.3 is 4.98 Å². The van der Waals surface area contributed by atoms with Gasteiger partial charge in [0, 0.05) is 11.1 Å². The highest BCUT2D eigenvalue weighted by Crippen LogP contribution is 2.62. The van der Waals surface area contributed by atoms with E-state index >= 15 is 0 Å². The van der Waals surface area contributed by atoms with Gasteiger partial charge in [0.2, 0.25) is 0 Å². The van der Waals surface area contributed by atoms with Crippen LogP contribution in [0.1, 0.15) is 85.0 Å². The van der Waals surface area contributed by atoms with E-state index in [2.05, 4.69) is 38.8 Å². The van der Waals surface area contributed by atoms with Crippen LogP contribution in [-0.2, 0) is 0 Å². The van der Waals surface area contributed by atoms with E-state index in [4.69, 9.17) is 0 Å². The highest BCUT2D eigenvalue weighted by molar-refractivity contribution is 6.76. The molecule has 4 aliphatic rings. The Morgan fingerprint density at radius 2 is 1.24 bits per heavy atom. The summed E-state index contributed by atoms with van der Waals surface area (Å²) >= 11 is 0. The number of allylic oxidation sites excluding steroid dienone is 1. The first kappa shape index (κ1) is 22.0. The van der Waals surface area contributed by atoms with Crippen LogP contribution < -0.4 is 4.98 Å². The molecule has 1 nitrogen and oxygen atoms in total. The lowest BCUT2D eigenvalue weighted by molar-refractivity contribution is 0.126. The zero-order valence-electron chi connectivity index (χ0n) is 19.4. The van der Waals surface area contributed by atoms with Crippen LogP contribution in [0.5, 0.6) is 0 Å². The van der Waals surface area contributed by atoms with E-state index in [0.29, 0.717) is 29.2 Å². The highest BCUT2D eigenvalue weighted by atomic mass is 28.3. The van der Waals surface area contributed by atoms with Gasteiger partial charge in [0.25, 0.3) is 6.08 Å². The summed E-state index contributed by atoms with van der Waals surface area (Å²) in [5.41, 5.74) is 1.60. The molecule has 0 heterocycles. The number of nitrogens with one attached hydrogen (secondary N) is 1. The molecule has 0 aromatic heterocycles. The van der Waals surface area contributed by atoms with Gasteiger partial charge in [0.15, 0.2) is 0 Å². The van der Waals surface area contributed by atoms with Crippen molar-refractivity contribution in [3.63, 3.8) is 0 Å². The number of hydrogen-bond acceptors (Lipinski definition) is 1. The van der Waals surface area contributed by atoms with Crippen LogP contribution in [0.2, 0.25) is 18.6 Å². The maximum absolute atomic E-state index is 14.3. The van der Waals surface area contributed by atoms with E-state index < -0.39 is 14.3 Å². The number of rotatable bonds is 2. The Morgan fingerprint density at radius 3 is 1.66 bits per heavy atom. The fraction of sp³-hybridized carbons (Fsp3) is 0.920. The summed E-state index contributed by atoms with van der Waals surface area (Å²) in [6, 6.07) is 0. The maximum atomic E-state index is 14.3. The van der Waals surface area contributed by atoms with Crippen molar-refractivity contribution >= 4 is 8.24 Å². The van der Waals surface area contributed by atoms with Crippen LogP contribution in [0.25, 0.3) is 0 Å². The third-order valence-electron chi connectivity index (χ3n) is 9.14. The van der Waals surface area contributed by atoms with Crippen molar-refractivity contribution in [3.05, 3.63) is 11.7 Å². The molecular weight excluding hydrogens is 380 g/mol. The minimum absolute atomic E-state index is 0.161. The molecule has 0 bridgehead atoms. The second-order valence-corrected chi connectivity index (χ2v) is 16.9. The Balaban J connectivity index is 1.68. The Hall–Kier alpha value is -0.223. The summed E-state index contributed by atoms with van der Waals surface area (Å²) in [6.07, 6.45) is 10.6. The zero-order chi connectivity index (χ0) is 21.0. The summed E-state index contributed by atoms with van der Waals surface area (Å²) in [5.74, 6) is 2.82. The predicted octanol–water partition coefficient (Wildman–Crippen LogP) is 7.75. The van der Waals surface area contributed by atoms with Gasteiger partial charge in [-0.05, 0) is 100 Å². The number of fused-ring (bicyclic) bond motifs is 5. The first-order valence-electron chi connectivity index (χ1n) is 12.4. The van der Waals surface area contributed by atoms with Gasteiger partial charge >= 0.3 is 0 Å². The molecule has 0 aromatic carbocycles. The van der Waals surface area contributed by atoms with Gasteiger partial charge in [-0.2, -0.15) is 8.78 Å². The standard InChI is InChI=1S/C25H43F2NSi/c1-25(2,3)28-29(4,5)16-14-21-17-10-6-8-12-19(17)23(24(26)27)20-13-9-7-11-18(20)22(21)15-16/h16-22,28H,6-15H2,1-5H3. The number of hydrogen-bond donors (Lipinski definition) is 1. The monoisotopic (exact) mass is 423 g/mol. The molecule has 0 amide bonds. The van der Waals surface area contributed by atoms with Crippen molar-refractivity contribution in [2.75, 3.05) is 0 Å². The van der Waals surface area contributed by atoms with Crippen LogP contribution in [0.15, 0.2) is 11.7 Å². The maximum Gasteiger partial charge on any atom is 0.270 e. The molecule has 0 spiro atoms. The van der Waals surface area contributed by atoms with Gasteiger partial charge in [-0.3, -0.25) is 0 Å². The average Bonchev–Trinajstić information content (AvgIpc) is 3.02. The summed E-state index contributed by atoms with van der Waals surface area (Å²) in [4.78, 5) is 4.04. The minimum atomic E-state index is -1.57. The van der Waals surface area contributed by atoms with Crippen LogP contribution in [-0.4, -0.2) is 13.8 Å². The van der Waals surface area contributed by atoms with Crippen molar-refractivity contribution in [1.82, 2.24) is 4.98 Å². The Morgan fingerprint density at radius 1 is 0.793 bits per heavy atom. The van der Waals surface area contributed by atoms with Crippen molar-refractivity contribution in [2.24, 2.45) is 35.5 Å². The molecule has 4 heteroatoms. The zero-order valence-corrected chi connectivity index (χ0v) is 20.4. The molecule has 6 unspecified atom stereocenters. The topological polar surface area (TPSA) is 12.0 Å². The SMILES string of the molecule is CC(C)(C)N[Si](C)(C)C1CC2C3CCCCC3C(=C(F)F)C3CCCCC3C2C1. The van der Waals surface area contributed by atoms with E-state index in [-0.39, 0.29) is 17.4 Å². The van der Waals surface area contributed by atoms with E-state index in [9.17, 15) is 8.78 Å². The van der Waals surface area contributed by atoms with Crippen LogP contribution in [0.4, 0.5) is 8.78 Å². The van der Waals surface area contributed by atoms with Crippen molar-refractivity contribution in [3.8, 4) is 0 Å². The molecule has 4 fully saturated rings. The molecule has 4 saturated carbocycles. The smallest absolute Gasteiger partial charge is 0.270 e. The Kier molecular flexibility index (Phi) is 6.09. The van der Waals surface area contributed by atoms with Crippen LogP contribution in [0, 0.1) is 35.5 Å². The predicted molar refractivity (Wildman–Crippen MR) is 120 cm³/mol. The van der Waals surface area contributed by atoms with Crippen molar-refractivity contribution < 1.29 is 8.78 Å². The molecule has 4 aliphatic carbocycles. The minimum Gasteiger partial charge on any atom is -0.332 e. The summed E-state index contributed by atoms with van der Waals surface area (Å²) in [6.45, 7) is 11.9. The average molecular weight is 424 g/mol. The lowest BCUT2D eigenvalue weighted by Gasteiger charge is -2.40. The molecular formula is C25H43F2NSi. The molecule has 4 rings (SSSR count). The van der Waals surface area contributed by atoms with Gasteiger partial charge in [0.1, 0.15) is 8.24 Å². The quantitative estimate of drug-likeness (QED) is 0.448. The molecule has 29 heavy (non-hydrogen) atoms. The second-order valence-electron chi connectivity index (χ2n) is 12.4. The van der Waals surface area contributed by atoms with E-state index in [1.54, 1.807) is 0 Å². The third kappa shape index (κ3) is 4.27. The Labute approximate surface area is 178 Å². The fourth-order valence-corrected chi connectivity index (χ4v) is 12.3. The normalized spacial score (nSPS) is 40.7. The van der Waals surface area contributed by atoms with Gasteiger partial charge in [0.05, 0.1) is 0 Å². The van der Waals surface area contributed by atoms with Crippen molar-refractivity contribution in [2.45, 2.75) is 109 Å². The largest absolute Gasteiger partial charge is 0.332 e. The molecule has 166 valence electrons. The Bertz CT molecular complexity index is 599. The molecule has 0 radical (unpaired) electrons. The van der Waals surface area contributed by atoms with Crippen LogP contribution >= 0.6 is 0 Å². The first-order chi connectivity index (χ1) is 13.6. The highest BCUT2D eigenvalue weighted by Gasteiger charge is 2.55. The van der Waals surface area contributed by atoms with Gasteiger partial charge in [-0.25, -0.2) is 0 Å². The molecule has 0 aromatic rings. The molecule has 0 aliphatic heterocycles. The first-order valence-corrected chi connectivity index (χ1v) is 15.5. The lowest BCUT2D eigenvalue weighted by atomic mass is 9.68. The molecule has 6 atom stereocenters. The molecule has 1 N–H and O–H groups in total.